The van der Waals surface area contributed by atoms with Crippen molar-refractivity contribution in [2.45, 2.75) is 6.42 Å². The Morgan fingerprint density at radius 2 is 2.28 bits per heavy atom. The smallest absolute Gasteiger partial charge is 0.201 e. The topological polar surface area (TPSA) is 96.2 Å². The third-order valence-electron chi connectivity index (χ3n) is 2.50. The van der Waals surface area contributed by atoms with E-state index in [4.69, 9.17) is 15.6 Å². The number of hydrogen-bond donors (Lipinski definition) is 4. The molecule has 0 saturated heterocycles. The summed E-state index contributed by atoms with van der Waals surface area (Å²) in [6.45, 7) is 1.85. The van der Waals surface area contributed by atoms with Gasteiger partial charge in [-0.05, 0) is 24.6 Å². The predicted octanol–water partition coefficient (Wildman–Crippen LogP) is 0.956. The molecule has 0 saturated carbocycles. The van der Waals surface area contributed by atoms with Crippen LogP contribution in [0.3, 0.4) is 0 Å². The minimum Gasteiger partial charge on any atom is -0.399 e. The van der Waals surface area contributed by atoms with E-state index in [2.05, 4.69) is 15.3 Å². The van der Waals surface area contributed by atoms with Crippen LogP contribution in [0.1, 0.15) is 6.42 Å². The fourth-order valence-corrected chi connectivity index (χ4v) is 1.66. The molecule has 1 aromatic heterocycles. The van der Waals surface area contributed by atoms with Crippen molar-refractivity contribution in [1.82, 2.24) is 9.97 Å². The molecule has 0 spiro atoms. The summed E-state index contributed by atoms with van der Waals surface area (Å²) in [6.07, 6.45) is 0.860. The molecule has 0 atom stereocenters. The lowest BCUT2D eigenvalue weighted by Crippen LogP contribution is -2.08. The molecule has 0 aliphatic rings. The van der Waals surface area contributed by atoms with Crippen molar-refractivity contribution in [3.63, 3.8) is 0 Å². The number of aliphatic hydroxyl groups excluding tert-OH is 1. The molecule has 5 N–H and O–H groups in total. The molecule has 98 valence electrons. The van der Waals surface area contributed by atoms with Gasteiger partial charge in [0, 0.05) is 18.8 Å². The Labute approximate surface area is 105 Å². The fourth-order valence-electron chi connectivity index (χ4n) is 1.66. The number of nitrogens with zero attached hydrogens (tertiary/aromatic N) is 1. The Morgan fingerprint density at radius 3 is 3.11 bits per heavy atom. The summed E-state index contributed by atoms with van der Waals surface area (Å²) in [5.41, 5.74) is 8.23. The molecule has 6 heteroatoms. The van der Waals surface area contributed by atoms with E-state index in [0.29, 0.717) is 13.2 Å². The fraction of sp³-hybridized carbons (Fsp3) is 0.417. The molecule has 2 rings (SSSR count). The van der Waals surface area contributed by atoms with Crippen LogP contribution in [0.5, 0.6) is 0 Å². The maximum Gasteiger partial charge on any atom is 0.201 e. The van der Waals surface area contributed by atoms with Gasteiger partial charge in [0.25, 0.3) is 0 Å². The SMILES string of the molecule is Nc1ccc2nc(NCCCOCCO)[nH]c2c1. The van der Waals surface area contributed by atoms with Crippen molar-refractivity contribution in [2.24, 2.45) is 0 Å². The van der Waals surface area contributed by atoms with Crippen molar-refractivity contribution in [3.8, 4) is 0 Å². The molecule has 1 aromatic carbocycles. The van der Waals surface area contributed by atoms with Crippen LogP contribution in [-0.2, 0) is 4.74 Å². The van der Waals surface area contributed by atoms with Crippen LogP contribution in [0, 0.1) is 0 Å². The number of imidazole rings is 1. The normalized spacial score (nSPS) is 10.9. The number of anilines is 2. The average Bonchev–Trinajstić information content (AvgIpc) is 2.75. The Bertz CT molecular complexity index is 498. The van der Waals surface area contributed by atoms with E-state index in [0.717, 1.165) is 35.6 Å². The van der Waals surface area contributed by atoms with Gasteiger partial charge in [-0.2, -0.15) is 0 Å². The first-order valence-corrected chi connectivity index (χ1v) is 5.97. The van der Waals surface area contributed by atoms with E-state index in [1.54, 1.807) is 0 Å². The van der Waals surface area contributed by atoms with Crippen LogP contribution in [0.4, 0.5) is 11.6 Å². The second kappa shape index (κ2) is 6.23. The lowest BCUT2D eigenvalue weighted by Gasteiger charge is -2.03. The highest BCUT2D eigenvalue weighted by Crippen LogP contribution is 2.16. The zero-order chi connectivity index (χ0) is 12.8. The quantitative estimate of drug-likeness (QED) is 0.433. The highest BCUT2D eigenvalue weighted by molar-refractivity contribution is 5.80. The maximum absolute atomic E-state index is 8.54. The number of nitrogens with one attached hydrogen (secondary N) is 2. The number of nitrogens with two attached hydrogens (primary N) is 1. The Hall–Kier alpha value is -1.79. The van der Waals surface area contributed by atoms with Crippen molar-refractivity contribution < 1.29 is 9.84 Å². The second-order valence-corrected chi connectivity index (χ2v) is 3.98. The number of fused-ring (bicyclic) bond motifs is 1. The summed E-state index contributed by atoms with van der Waals surface area (Å²) in [5, 5.41) is 11.7. The van der Waals surface area contributed by atoms with Gasteiger partial charge in [0.15, 0.2) is 0 Å². The number of rotatable bonds is 7. The Kier molecular flexibility index (Phi) is 4.38. The van der Waals surface area contributed by atoms with Gasteiger partial charge in [0.1, 0.15) is 0 Å². The van der Waals surface area contributed by atoms with Gasteiger partial charge >= 0.3 is 0 Å². The highest BCUT2D eigenvalue weighted by Gasteiger charge is 2.01. The maximum atomic E-state index is 8.54. The van der Waals surface area contributed by atoms with Crippen molar-refractivity contribution in [3.05, 3.63) is 18.2 Å². The number of aliphatic hydroxyl groups is 1. The third kappa shape index (κ3) is 3.35. The first-order chi connectivity index (χ1) is 8.79. The summed E-state index contributed by atoms with van der Waals surface area (Å²) in [5.74, 6) is 0.734. The molecule has 18 heavy (non-hydrogen) atoms. The summed E-state index contributed by atoms with van der Waals surface area (Å²) in [4.78, 5) is 7.54. The van der Waals surface area contributed by atoms with Gasteiger partial charge in [-0.25, -0.2) is 4.98 Å². The second-order valence-electron chi connectivity index (χ2n) is 3.98. The minimum atomic E-state index is 0.0679. The van der Waals surface area contributed by atoms with Crippen LogP contribution in [0.25, 0.3) is 11.0 Å². The van der Waals surface area contributed by atoms with E-state index >= 15 is 0 Å². The third-order valence-corrected chi connectivity index (χ3v) is 2.50. The summed E-state index contributed by atoms with van der Waals surface area (Å²) in [7, 11) is 0. The lowest BCUT2D eigenvalue weighted by molar-refractivity contribution is 0.0922. The van der Waals surface area contributed by atoms with Crippen LogP contribution >= 0.6 is 0 Å². The molecule has 6 nitrogen and oxygen atoms in total. The molecule has 0 unspecified atom stereocenters. The molecule has 0 aliphatic carbocycles. The predicted molar refractivity (Wildman–Crippen MR) is 71.5 cm³/mol. The first-order valence-electron chi connectivity index (χ1n) is 5.97. The van der Waals surface area contributed by atoms with Gasteiger partial charge in [-0.1, -0.05) is 0 Å². The molecule has 0 aliphatic heterocycles. The van der Waals surface area contributed by atoms with E-state index in [-0.39, 0.29) is 6.61 Å². The molecule has 0 amide bonds. The summed E-state index contributed by atoms with van der Waals surface area (Å²) >= 11 is 0. The number of aromatic amines is 1. The number of hydrogen-bond acceptors (Lipinski definition) is 5. The largest absolute Gasteiger partial charge is 0.399 e. The monoisotopic (exact) mass is 250 g/mol. The number of benzene rings is 1. The number of ether oxygens (including phenoxy) is 1. The molecular weight excluding hydrogens is 232 g/mol. The standard InChI is InChI=1S/C12H18N4O2/c13-9-2-3-10-11(8-9)16-12(15-10)14-4-1-6-18-7-5-17/h2-3,8,17H,1,4-7,13H2,(H2,14,15,16). The van der Waals surface area contributed by atoms with E-state index in [1.807, 2.05) is 18.2 Å². The van der Waals surface area contributed by atoms with E-state index in [9.17, 15) is 0 Å². The Morgan fingerprint density at radius 1 is 1.39 bits per heavy atom. The zero-order valence-electron chi connectivity index (χ0n) is 10.1. The van der Waals surface area contributed by atoms with Gasteiger partial charge in [0.05, 0.1) is 24.2 Å². The van der Waals surface area contributed by atoms with E-state index in [1.165, 1.54) is 0 Å². The summed E-state index contributed by atoms with van der Waals surface area (Å²) in [6, 6.07) is 5.57. The van der Waals surface area contributed by atoms with Crippen LogP contribution in [0.2, 0.25) is 0 Å². The van der Waals surface area contributed by atoms with Crippen LogP contribution in [0.15, 0.2) is 18.2 Å². The van der Waals surface area contributed by atoms with Crippen molar-refractivity contribution in [1.29, 1.82) is 0 Å². The van der Waals surface area contributed by atoms with Crippen molar-refractivity contribution in [2.75, 3.05) is 37.4 Å². The lowest BCUT2D eigenvalue weighted by atomic mass is 10.3. The molecule has 0 fully saturated rings. The minimum absolute atomic E-state index is 0.0679. The number of nitrogen functional groups attached to an aromatic ring is 1. The van der Waals surface area contributed by atoms with Crippen LogP contribution in [-0.4, -0.2) is 41.4 Å². The van der Waals surface area contributed by atoms with Crippen molar-refractivity contribution >= 4 is 22.7 Å². The zero-order valence-corrected chi connectivity index (χ0v) is 10.1. The van der Waals surface area contributed by atoms with Gasteiger partial charge in [-0.15, -0.1) is 0 Å². The van der Waals surface area contributed by atoms with Crippen LogP contribution < -0.4 is 11.1 Å². The van der Waals surface area contributed by atoms with Gasteiger partial charge < -0.3 is 25.9 Å². The summed E-state index contributed by atoms with van der Waals surface area (Å²) < 4.78 is 5.16. The molecule has 2 aromatic rings. The first kappa shape index (κ1) is 12.7. The number of aromatic nitrogens is 2. The van der Waals surface area contributed by atoms with Gasteiger partial charge in [0.2, 0.25) is 5.95 Å². The van der Waals surface area contributed by atoms with E-state index < -0.39 is 0 Å². The average molecular weight is 250 g/mol. The number of H-pyrrole nitrogens is 1. The van der Waals surface area contributed by atoms with Gasteiger partial charge in [-0.3, -0.25) is 0 Å². The molecule has 1 heterocycles. The molecule has 0 radical (unpaired) electrons. The molecular formula is C12H18N4O2. The molecule has 0 bridgehead atoms. The Balaban J connectivity index is 1.81. The highest BCUT2D eigenvalue weighted by atomic mass is 16.5.